The third-order valence-electron chi connectivity index (χ3n) is 5.81. The number of carbonyl (C=O) groups is 1. The molecule has 0 unspecified atom stereocenters. The molecule has 1 aliphatic heterocycles. The van der Waals surface area contributed by atoms with E-state index in [1.54, 1.807) is 0 Å². The number of hydrogen-bond donors (Lipinski definition) is 2. The highest BCUT2D eigenvalue weighted by Gasteiger charge is 2.16. The number of likely N-dealkylation sites (tertiary alicyclic amines) is 1. The first-order valence-corrected chi connectivity index (χ1v) is 11.2. The molecular weight excluding hydrogens is 404 g/mol. The Balaban J connectivity index is 1.19. The number of nitrogens with zero attached hydrogens (tertiary/aromatic N) is 3. The second-order valence-corrected chi connectivity index (χ2v) is 8.47. The van der Waals surface area contributed by atoms with Crippen molar-refractivity contribution in [2.24, 2.45) is 0 Å². The third-order valence-corrected chi connectivity index (χ3v) is 5.81. The SMILES string of the molecule is Cc1ccc(-c2nnc(CCC(=O)NCc3ccc(CN4CCC(O)CC4)cc3)o2)cc1. The zero-order chi connectivity index (χ0) is 22.3. The molecular formula is C25H30N4O3. The van der Waals surface area contributed by atoms with Crippen molar-refractivity contribution in [1.82, 2.24) is 20.4 Å². The smallest absolute Gasteiger partial charge is 0.247 e. The van der Waals surface area contributed by atoms with Gasteiger partial charge < -0.3 is 14.8 Å². The van der Waals surface area contributed by atoms with E-state index in [1.807, 2.05) is 31.2 Å². The zero-order valence-corrected chi connectivity index (χ0v) is 18.5. The molecule has 2 aromatic carbocycles. The average Bonchev–Trinajstić information content (AvgIpc) is 3.28. The normalized spacial score (nSPS) is 15.1. The van der Waals surface area contributed by atoms with Crippen molar-refractivity contribution in [2.75, 3.05) is 13.1 Å². The summed E-state index contributed by atoms with van der Waals surface area (Å²) in [5.74, 6) is 0.891. The number of amides is 1. The number of aromatic nitrogens is 2. The molecule has 2 N–H and O–H groups in total. The van der Waals surface area contributed by atoms with Gasteiger partial charge in [-0.2, -0.15) is 0 Å². The molecule has 0 radical (unpaired) electrons. The number of benzene rings is 2. The lowest BCUT2D eigenvalue weighted by Gasteiger charge is -2.29. The van der Waals surface area contributed by atoms with Crippen LogP contribution in [0.3, 0.4) is 0 Å². The first kappa shape index (κ1) is 22.2. The minimum Gasteiger partial charge on any atom is -0.421 e. The summed E-state index contributed by atoms with van der Waals surface area (Å²) in [6, 6.07) is 16.2. The van der Waals surface area contributed by atoms with Gasteiger partial charge in [-0.05, 0) is 43.0 Å². The fourth-order valence-electron chi connectivity index (χ4n) is 3.78. The van der Waals surface area contributed by atoms with E-state index >= 15 is 0 Å². The van der Waals surface area contributed by atoms with Crippen LogP contribution in [0.5, 0.6) is 0 Å². The van der Waals surface area contributed by atoms with Crippen LogP contribution < -0.4 is 5.32 Å². The molecule has 168 valence electrons. The van der Waals surface area contributed by atoms with Crippen molar-refractivity contribution >= 4 is 5.91 Å². The van der Waals surface area contributed by atoms with Crippen LogP contribution in [-0.2, 0) is 24.3 Å². The molecule has 0 spiro atoms. The van der Waals surface area contributed by atoms with Crippen molar-refractivity contribution < 1.29 is 14.3 Å². The molecule has 4 rings (SSSR count). The predicted molar refractivity (Wildman–Crippen MR) is 122 cm³/mol. The van der Waals surface area contributed by atoms with Gasteiger partial charge in [0.15, 0.2) is 0 Å². The quantitative estimate of drug-likeness (QED) is 0.566. The van der Waals surface area contributed by atoms with Crippen LogP contribution >= 0.6 is 0 Å². The van der Waals surface area contributed by atoms with E-state index in [-0.39, 0.29) is 12.0 Å². The van der Waals surface area contributed by atoms with E-state index < -0.39 is 0 Å². The fraction of sp³-hybridized carbons (Fsp3) is 0.400. The van der Waals surface area contributed by atoms with E-state index in [0.29, 0.717) is 31.2 Å². The lowest BCUT2D eigenvalue weighted by molar-refractivity contribution is -0.121. The van der Waals surface area contributed by atoms with Crippen molar-refractivity contribution in [3.05, 3.63) is 71.1 Å². The van der Waals surface area contributed by atoms with Gasteiger partial charge in [-0.3, -0.25) is 9.69 Å². The summed E-state index contributed by atoms with van der Waals surface area (Å²) in [6.07, 6.45) is 2.26. The Morgan fingerprint density at radius 1 is 1.06 bits per heavy atom. The van der Waals surface area contributed by atoms with Gasteiger partial charge in [0.2, 0.25) is 17.7 Å². The fourth-order valence-corrected chi connectivity index (χ4v) is 3.78. The summed E-state index contributed by atoms with van der Waals surface area (Å²) >= 11 is 0. The first-order chi connectivity index (χ1) is 15.5. The highest BCUT2D eigenvalue weighted by molar-refractivity contribution is 5.76. The molecule has 1 aromatic heterocycles. The highest BCUT2D eigenvalue weighted by Crippen LogP contribution is 2.19. The monoisotopic (exact) mass is 434 g/mol. The summed E-state index contributed by atoms with van der Waals surface area (Å²) in [6.45, 7) is 5.29. The number of rotatable bonds is 8. The second kappa shape index (κ2) is 10.5. The number of aliphatic hydroxyl groups is 1. The minimum absolute atomic E-state index is 0.0453. The van der Waals surface area contributed by atoms with Crippen LogP contribution in [0.15, 0.2) is 52.9 Å². The second-order valence-electron chi connectivity index (χ2n) is 8.47. The van der Waals surface area contributed by atoms with Gasteiger partial charge in [-0.15, -0.1) is 10.2 Å². The van der Waals surface area contributed by atoms with Crippen LogP contribution in [0.4, 0.5) is 0 Å². The Hall–Kier alpha value is -3.03. The molecule has 2 heterocycles. The molecule has 3 aromatic rings. The summed E-state index contributed by atoms with van der Waals surface area (Å²) < 4.78 is 5.68. The van der Waals surface area contributed by atoms with Crippen molar-refractivity contribution in [1.29, 1.82) is 0 Å². The maximum Gasteiger partial charge on any atom is 0.247 e. The van der Waals surface area contributed by atoms with E-state index in [4.69, 9.17) is 4.42 Å². The largest absolute Gasteiger partial charge is 0.421 e. The Morgan fingerprint density at radius 2 is 1.75 bits per heavy atom. The topological polar surface area (TPSA) is 91.5 Å². The number of carbonyl (C=O) groups excluding carboxylic acids is 1. The molecule has 1 amide bonds. The van der Waals surface area contributed by atoms with Crippen LogP contribution in [0.25, 0.3) is 11.5 Å². The third kappa shape index (κ3) is 6.24. The summed E-state index contributed by atoms with van der Waals surface area (Å²) in [4.78, 5) is 14.6. The molecule has 0 bridgehead atoms. The molecule has 1 fully saturated rings. The molecule has 7 nitrogen and oxygen atoms in total. The molecule has 0 atom stereocenters. The predicted octanol–water partition coefficient (Wildman–Crippen LogP) is 3.25. The Bertz CT molecular complexity index is 1010. The van der Waals surface area contributed by atoms with E-state index in [9.17, 15) is 9.90 Å². The van der Waals surface area contributed by atoms with Gasteiger partial charge in [0.05, 0.1) is 6.10 Å². The number of aryl methyl sites for hydroxylation is 2. The Kier molecular flexibility index (Phi) is 7.29. The number of piperidine rings is 1. The molecule has 0 saturated carbocycles. The maximum atomic E-state index is 12.2. The van der Waals surface area contributed by atoms with Crippen LogP contribution in [-0.4, -0.2) is 45.3 Å². The van der Waals surface area contributed by atoms with Gasteiger partial charge in [0, 0.05) is 44.6 Å². The van der Waals surface area contributed by atoms with Gasteiger partial charge in [-0.25, -0.2) is 0 Å². The zero-order valence-electron chi connectivity index (χ0n) is 18.5. The first-order valence-electron chi connectivity index (χ1n) is 11.2. The van der Waals surface area contributed by atoms with Gasteiger partial charge in [0.25, 0.3) is 0 Å². The van der Waals surface area contributed by atoms with Gasteiger partial charge in [-0.1, -0.05) is 42.0 Å². The minimum atomic E-state index is -0.146. The number of aliphatic hydroxyl groups excluding tert-OH is 1. The van der Waals surface area contributed by atoms with Crippen molar-refractivity contribution in [2.45, 2.75) is 51.8 Å². The van der Waals surface area contributed by atoms with Crippen molar-refractivity contribution in [3.8, 4) is 11.5 Å². The standard InChI is InChI=1S/C25H30N4O3/c1-18-2-8-21(9-3-18)25-28-27-24(32-25)11-10-23(31)26-16-19-4-6-20(7-5-19)17-29-14-12-22(30)13-15-29/h2-9,22,30H,10-17H2,1H3,(H,26,31). The molecule has 1 aliphatic rings. The summed E-state index contributed by atoms with van der Waals surface area (Å²) in [5, 5.41) is 20.7. The van der Waals surface area contributed by atoms with E-state index in [1.165, 1.54) is 11.1 Å². The molecule has 7 heteroatoms. The Labute approximate surface area is 188 Å². The van der Waals surface area contributed by atoms with E-state index in [0.717, 1.165) is 43.6 Å². The maximum absolute atomic E-state index is 12.2. The molecule has 0 aliphatic carbocycles. The van der Waals surface area contributed by atoms with E-state index in [2.05, 4.69) is 44.7 Å². The summed E-state index contributed by atoms with van der Waals surface area (Å²) in [7, 11) is 0. The number of nitrogens with one attached hydrogen (secondary N) is 1. The average molecular weight is 435 g/mol. The number of hydrogen-bond acceptors (Lipinski definition) is 6. The van der Waals surface area contributed by atoms with Crippen molar-refractivity contribution in [3.63, 3.8) is 0 Å². The van der Waals surface area contributed by atoms with Crippen LogP contribution in [0, 0.1) is 6.92 Å². The lowest BCUT2D eigenvalue weighted by atomic mass is 10.1. The van der Waals surface area contributed by atoms with Crippen LogP contribution in [0.2, 0.25) is 0 Å². The molecule has 32 heavy (non-hydrogen) atoms. The highest BCUT2D eigenvalue weighted by atomic mass is 16.4. The summed E-state index contributed by atoms with van der Waals surface area (Å²) in [5.41, 5.74) is 4.36. The van der Waals surface area contributed by atoms with Gasteiger partial charge >= 0.3 is 0 Å². The van der Waals surface area contributed by atoms with Gasteiger partial charge in [0.1, 0.15) is 0 Å². The Morgan fingerprint density at radius 3 is 2.47 bits per heavy atom. The molecule has 1 saturated heterocycles. The lowest BCUT2D eigenvalue weighted by Crippen LogP contribution is -2.35. The van der Waals surface area contributed by atoms with Crippen LogP contribution in [0.1, 0.15) is 41.8 Å².